The molecule has 0 saturated heterocycles. The van der Waals surface area contributed by atoms with Crippen molar-refractivity contribution in [3.8, 4) is 6.07 Å². The number of carbonyl (C=O) groups excluding carboxylic acids is 2. The summed E-state index contributed by atoms with van der Waals surface area (Å²) in [5, 5.41) is 14.7. The lowest BCUT2D eigenvalue weighted by Crippen LogP contribution is -2.20. The minimum atomic E-state index is -0.346. The first-order chi connectivity index (χ1) is 12.1. The van der Waals surface area contributed by atoms with Gasteiger partial charge in [-0.15, -0.1) is 0 Å². The summed E-state index contributed by atoms with van der Waals surface area (Å²) in [7, 11) is 0. The quantitative estimate of drug-likeness (QED) is 0.880. The number of rotatable bonds is 5. The summed E-state index contributed by atoms with van der Waals surface area (Å²) in [6.45, 7) is 2.07. The largest absolute Gasteiger partial charge is 0.326 e. The molecule has 2 atom stereocenters. The van der Waals surface area contributed by atoms with Crippen molar-refractivity contribution in [2.45, 2.75) is 19.8 Å². The topological polar surface area (TPSA) is 82.0 Å². The molecule has 1 saturated carbocycles. The molecule has 2 aromatic carbocycles. The number of aryl methyl sites for hydroxylation is 1. The van der Waals surface area contributed by atoms with Crippen LogP contribution in [-0.2, 0) is 16.0 Å². The number of nitrogens with zero attached hydrogens (tertiary/aromatic N) is 1. The molecule has 126 valence electrons. The molecule has 5 nitrogen and oxygen atoms in total. The highest BCUT2D eigenvalue weighted by molar-refractivity contribution is 6.03. The highest BCUT2D eigenvalue weighted by Crippen LogP contribution is 2.40. The van der Waals surface area contributed by atoms with E-state index in [0.29, 0.717) is 17.7 Å². The molecule has 5 heteroatoms. The van der Waals surface area contributed by atoms with Gasteiger partial charge in [-0.3, -0.25) is 9.59 Å². The van der Waals surface area contributed by atoms with E-state index in [1.165, 1.54) is 5.56 Å². The van der Waals surface area contributed by atoms with Gasteiger partial charge in [-0.2, -0.15) is 5.26 Å². The normalized spacial score (nSPS) is 18.1. The minimum Gasteiger partial charge on any atom is -0.326 e. The lowest BCUT2D eigenvalue weighted by Gasteiger charge is -2.07. The van der Waals surface area contributed by atoms with Gasteiger partial charge in [0, 0.05) is 5.69 Å². The van der Waals surface area contributed by atoms with E-state index in [2.05, 4.69) is 17.6 Å². The van der Waals surface area contributed by atoms with E-state index in [-0.39, 0.29) is 23.7 Å². The Morgan fingerprint density at radius 1 is 1.04 bits per heavy atom. The summed E-state index contributed by atoms with van der Waals surface area (Å²) < 4.78 is 0. The van der Waals surface area contributed by atoms with Crippen LogP contribution in [-0.4, -0.2) is 11.8 Å². The summed E-state index contributed by atoms with van der Waals surface area (Å²) in [6.07, 6.45) is 1.47. The Labute approximate surface area is 146 Å². The Bertz CT molecular complexity index is 837. The maximum Gasteiger partial charge on any atom is 0.228 e. The molecule has 0 heterocycles. The average molecular weight is 333 g/mol. The Kier molecular flexibility index (Phi) is 4.80. The molecule has 2 aromatic rings. The van der Waals surface area contributed by atoms with Crippen LogP contribution in [0.25, 0.3) is 0 Å². The molecule has 2 amide bonds. The van der Waals surface area contributed by atoms with Crippen LogP contribution in [0.1, 0.15) is 24.5 Å². The summed E-state index contributed by atoms with van der Waals surface area (Å²) >= 11 is 0. The first-order valence-electron chi connectivity index (χ1n) is 8.32. The van der Waals surface area contributed by atoms with Crippen LogP contribution in [0.15, 0.2) is 48.5 Å². The van der Waals surface area contributed by atoms with Gasteiger partial charge < -0.3 is 10.6 Å². The number of benzene rings is 2. The summed E-state index contributed by atoms with van der Waals surface area (Å²) in [6, 6.07) is 16.6. The summed E-state index contributed by atoms with van der Waals surface area (Å²) in [4.78, 5) is 24.6. The maximum absolute atomic E-state index is 12.3. The molecular formula is C20H19N3O2. The smallest absolute Gasteiger partial charge is 0.228 e. The van der Waals surface area contributed by atoms with E-state index in [1.54, 1.807) is 24.3 Å². The van der Waals surface area contributed by atoms with Crippen LogP contribution in [0.3, 0.4) is 0 Å². The Morgan fingerprint density at radius 2 is 1.68 bits per heavy atom. The second kappa shape index (κ2) is 7.18. The average Bonchev–Trinajstić information content (AvgIpc) is 3.44. The van der Waals surface area contributed by atoms with Gasteiger partial charge in [0.2, 0.25) is 11.8 Å². The number of anilines is 2. The number of hydrogen-bond acceptors (Lipinski definition) is 3. The van der Waals surface area contributed by atoms with Gasteiger partial charge in [-0.05, 0) is 42.7 Å². The Hall–Kier alpha value is -3.13. The SMILES string of the molecule is CCc1ccc(NC(=O)C2CC2C(=O)Nc2ccccc2C#N)cc1. The second-order valence-corrected chi connectivity index (χ2v) is 6.14. The maximum atomic E-state index is 12.3. The fourth-order valence-corrected chi connectivity index (χ4v) is 2.75. The van der Waals surface area contributed by atoms with E-state index >= 15 is 0 Å². The first kappa shape index (κ1) is 16.7. The zero-order valence-corrected chi connectivity index (χ0v) is 14.0. The zero-order valence-electron chi connectivity index (χ0n) is 14.0. The molecule has 0 bridgehead atoms. The van der Waals surface area contributed by atoms with Crippen molar-refractivity contribution in [1.29, 1.82) is 5.26 Å². The van der Waals surface area contributed by atoms with Crippen LogP contribution < -0.4 is 10.6 Å². The fourth-order valence-electron chi connectivity index (χ4n) is 2.75. The van der Waals surface area contributed by atoms with Gasteiger partial charge in [0.15, 0.2) is 0 Å². The Morgan fingerprint density at radius 3 is 2.32 bits per heavy atom. The predicted molar refractivity (Wildman–Crippen MR) is 95.8 cm³/mol. The molecule has 3 rings (SSSR count). The lowest BCUT2D eigenvalue weighted by atomic mass is 10.1. The van der Waals surface area contributed by atoms with Crippen molar-refractivity contribution in [2.24, 2.45) is 11.8 Å². The van der Waals surface area contributed by atoms with Crippen molar-refractivity contribution in [1.82, 2.24) is 0 Å². The number of carbonyl (C=O) groups is 2. The minimum absolute atomic E-state index is 0.141. The van der Waals surface area contributed by atoms with E-state index in [1.807, 2.05) is 30.3 Å². The van der Waals surface area contributed by atoms with E-state index in [0.717, 1.165) is 12.1 Å². The lowest BCUT2D eigenvalue weighted by molar-refractivity contribution is -0.122. The molecule has 2 unspecified atom stereocenters. The molecule has 1 aliphatic carbocycles. The van der Waals surface area contributed by atoms with Crippen LogP contribution in [0.4, 0.5) is 11.4 Å². The predicted octanol–water partition coefficient (Wildman–Crippen LogP) is 3.33. The van der Waals surface area contributed by atoms with E-state index in [9.17, 15) is 9.59 Å². The van der Waals surface area contributed by atoms with Gasteiger partial charge in [-0.1, -0.05) is 31.2 Å². The number of para-hydroxylation sites is 1. The van der Waals surface area contributed by atoms with Gasteiger partial charge in [-0.25, -0.2) is 0 Å². The molecule has 0 radical (unpaired) electrons. The highest BCUT2D eigenvalue weighted by atomic mass is 16.2. The van der Waals surface area contributed by atoms with Crippen molar-refractivity contribution in [2.75, 3.05) is 10.6 Å². The molecule has 2 N–H and O–H groups in total. The first-order valence-corrected chi connectivity index (χ1v) is 8.32. The second-order valence-electron chi connectivity index (χ2n) is 6.14. The molecule has 25 heavy (non-hydrogen) atoms. The van der Waals surface area contributed by atoms with Crippen LogP contribution in [0, 0.1) is 23.2 Å². The molecule has 0 aromatic heterocycles. The summed E-state index contributed by atoms with van der Waals surface area (Å²) in [5.41, 5.74) is 2.84. The molecule has 0 spiro atoms. The van der Waals surface area contributed by atoms with E-state index in [4.69, 9.17) is 5.26 Å². The van der Waals surface area contributed by atoms with Crippen LogP contribution in [0.5, 0.6) is 0 Å². The van der Waals surface area contributed by atoms with Crippen LogP contribution >= 0.6 is 0 Å². The molecule has 1 fully saturated rings. The van der Waals surface area contributed by atoms with Crippen molar-refractivity contribution >= 4 is 23.2 Å². The van der Waals surface area contributed by atoms with E-state index < -0.39 is 0 Å². The van der Waals surface area contributed by atoms with Gasteiger partial charge >= 0.3 is 0 Å². The van der Waals surface area contributed by atoms with Crippen molar-refractivity contribution in [3.05, 3.63) is 59.7 Å². The number of nitriles is 1. The fraction of sp³-hybridized carbons (Fsp3) is 0.250. The van der Waals surface area contributed by atoms with Gasteiger partial charge in [0.05, 0.1) is 23.1 Å². The monoisotopic (exact) mass is 333 g/mol. The van der Waals surface area contributed by atoms with Gasteiger partial charge in [0.25, 0.3) is 0 Å². The third-order valence-corrected chi connectivity index (χ3v) is 4.40. The third-order valence-electron chi connectivity index (χ3n) is 4.40. The highest BCUT2D eigenvalue weighted by Gasteiger charge is 2.48. The van der Waals surface area contributed by atoms with Crippen molar-refractivity contribution < 1.29 is 9.59 Å². The Balaban J connectivity index is 1.57. The zero-order chi connectivity index (χ0) is 17.8. The third kappa shape index (κ3) is 3.86. The molecular weight excluding hydrogens is 314 g/mol. The van der Waals surface area contributed by atoms with Crippen LogP contribution in [0.2, 0.25) is 0 Å². The van der Waals surface area contributed by atoms with Crippen molar-refractivity contribution in [3.63, 3.8) is 0 Å². The number of hydrogen-bond donors (Lipinski definition) is 2. The number of amides is 2. The number of nitrogens with one attached hydrogen (secondary N) is 2. The molecule has 0 aliphatic heterocycles. The van der Waals surface area contributed by atoms with Gasteiger partial charge in [0.1, 0.15) is 6.07 Å². The standard InChI is InChI=1S/C20H19N3O2/c1-2-13-7-9-15(10-8-13)22-19(24)16-11-17(16)20(25)23-18-6-4-3-5-14(18)12-21/h3-10,16-17H,2,11H2,1H3,(H,22,24)(H,23,25). The molecule has 1 aliphatic rings. The summed E-state index contributed by atoms with van der Waals surface area (Å²) in [5.74, 6) is -1.02.